The van der Waals surface area contributed by atoms with E-state index in [1.165, 1.54) is 35.4 Å². The summed E-state index contributed by atoms with van der Waals surface area (Å²) >= 11 is 0. The molecule has 0 aliphatic rings. The number of carbonyl (C=O) groups is 1. The van der Waals surface area contributed by atoms with Crippen molar-refractivity contribution in [2.75, 3.05) is 14.1 Å². The quantitative estimate of drug-likeness (QED) is 0.610. The fourth-order valence-electron chi connectivity index (χ4n) is 1.63. The van der Waals surface area contributed by atoms with E-state index in [0.717, 1.165) is 0 Å². The standard InChI is InChI=1S/C15H13N5O2/c1-19(2)5-3-13(21)15-14(22)4-6-20(18-15)12-7-11(8-16)9-17-10-12/h3-7,9-10H,1-2H3. The number of nitriles is 1. The molecule has 0 saturated heterocycles. The Morgan fingerprint density at radius 3 is 2.86 bits per heavy atom. The maximum absolute atomic E-state index is 12.0. The average Bonchev–Trinajstić information content (AvgIpc) is 2.53. The van der Waals surface area contributed by atoms with Gasteiger partial charge in [-0.25, -0.2) is 4.68 Å². The molecular formula is C15H13N5O2. The van der Waals surface area contributed by atoms with E-state index >= 15 is 0 Å². The summed E-state index contributed by atoms with van der Waals surface area (Å²) < 4.78 is 1.34. The lowest BCUT2D eigenvalue weighted by molar-refractivity contribution is 0.103. The van der Waals surface area contributed by atoms with Crippen LogP contribution in [-0.4, -0.2) is 39.5 Å². The number of carbonyl (C=O) groups excluding carboxylic acids is 1. The maximum atomic E-state index is 12.0. The average molecular weight is 295 g/mol. The Morgan fingerprint density at radius 1 is 1.41 bits per heavy atom. The lowest BCUT2D eigenvalue weighted by atomic mass is 10.2. The molecule has 0 radical (unpaired) electrons. The van der Waals surface area contributed by atoms with Gasteiger partial charge >= 0.3 is 0 Å². The first-order chi connectivity index (χ1) is 10.5. The molecule has 0 fully saturated rings. The summed E-state index contributed by atoms with van der Waals surface area (Å²) in [5, 5.41) is 12.9. The van der Waals surface area contributed by atoms with Gasteiger partial charge in [-0.3, -0.25) is 14.6 Å². The van der Waals surface area contributed by atoms with Gasteiger partial charge in [-0.15, -0.1) is 0 Å². The molecule has 0 aliphatic heterocycles. The van der Waals surface area contributed by atoms with Gasteiger partial charge in [0.25, 0.3) is 0 Å². The summed E-state index contributed by atoms with van der Waals surface area (Å²) in [4.78, 5) is 29.4. The van der Waals surface area contributed by atoms with Gasteiger partial charge in [0.15, 0.2) is 5.69 Å². The number of nitrogens with zero attached hydrogens (tertiary/aromatic N) is 5. The third-order valence-corrected chi connectivity index (χ3v) is 2.68. The highest BCUT2D eigenvalue weighted by molar-refractivity contribution is 6.02. The SMILES string of the molecule is CN(C)C=CC(=O)c1nn(-c2cncc(C#N)c2)ccc1=O. The molecule has 2 aromatic heterocycles. The van der Waals surface area contributed by atoms with Crippen LogP contribution in [0.25, 0.3) is 5.69 Å². The Balaban J connectivity index is 2.44. The van der Waals surface area contributed by atoms with Crippen LogP contribution in [0.4, 0.5) is 0 Å². The number of ketones is 1. The molecule has 110 valence electrons. The molecule has 2 heterocycles. The fourth-order valence-corrected chi connectivity index (χ4v) is 1.63. The summed E-state index contributed by atoms with van der Waals surface area (Å²) in [6, 6.07) is 4.79. The Bertz CT molecular complexity index is 830. The van der Waals surface area contributed by atoms with E-state index < -0.39 is 11.2 Å². The second-order valence-corrected chi connectivity index (χ2v) is 4.66. The third kappa shape index (κ3) is 3.43. The predicted octanol–water partition coefficient (Wildman–Crippen LogP) is 0.757. The van der Waals surface area contributed by atoms with Gasteiger partial charge in [0.2, 0.25) is 11.2 Å². The monoisotopic (exact) mass is 295 g/mol. The molecule has 0 amide bonds. The molecule has 7 heteroatoms. The van der Waals surface area contributed by atoms with Crippen LogP contribution in [-0.2, 0) is 0 Å². The second-order valence-electron chi connectivity index (χ2n) is 4.66. The molecular weight excluding hydrogens is 282 g/mol. The molecule has 0 saturated carbocycles. The molecule has 0 bridgehead atoms. The van der Waals surface area contributed by atoms with Crippen molar-refractivity contribution in [3.05, 3.63) is 64.5 Å². The second kappa shape index (κ2) is 6.45. The molecule has 0 spiro atoms. The van der Waals surface area contributed by atoms with Crippen molar-refractivity contribution in [1.82, 2.24) is 19.7 Å². The lowest BCUT2D eigenvalue weighted by Crippen LogP contribution is -2.20. The van der Waals surface area contributed by atoms with Crippen LogP contribution in [0.1, 0.15) is 16.1 Å². The zero-order valence-corrected chi connectivity index (χ0v) is 12.1. The smallest absolute Gasteiger partial charge is 0.211 e. The molecule has 0 atom stereocenters. The molecule has 2 aromatic rings. The van der Waals surface area contributed by atoms with E-state index in [1.54, 1.807) is 31.3 Å². The van der Waals surface area contributed by atoms with E-state index in [0.29, 0.717) is 11.3 Å². The molecule has 2 rings (SSSR count). The first kappa shape index (κ1) is 15.1. The van der Waals surface area contributed by atoms with Crippen molar-refractivity contribution >= 4 is 5.78 Å². The summed E-state index contributed by atoms with van der Waals surface area (Å²) in [6.45, 7) is 0. The van der Waals surface area contributed by atoms with Gasteiger partial charge in [0, 0.05) is 44.8 Å². The van der Waals surface area contributed by atoms with Crippen LogP contribution >= 0.6 is 0 Å². The van der Waals surface area contributed by atoms with Gasteiger partial charge in [-0.1, -0.05) is 0 Å². The molecule has 7 nitrogen and oxygen atoms in total. The van der Waals surface area contributed by atoms with Crippen molar-refractivity contribution in [2.24, 2.45) is 0 Å². The van der Waals surface area contributed by atoms with Crippen LogP contribution in [0.2, 0.25) is 0 Å². The highest BCUT2D eigenvalue weighted by Gasteiger charge is 2.11. The number of hydrogen-bond donors (Lipinski definition) is 0. The van der Waals surface area contributed by atoms with E-state index in [-0.39, 0.29) is 5.69 Å². The predicted molar refractivity (Wildman–Crippen MR) is 79.5 cm³/mol. The molecule has 22 heavy (non-hydrogen) atoms. The number of allylic oxidation sites excluding steroid dienone is 1. The Kier molecular flexibility index (Phi) is 4.44. The fraction of sp³-hybridized carbons (Fsp3) is 0.133. The summed E-state index contributed by atoms with van der Waals surface area (Å²) in [6.07, 6.45) is 7.14. The topological polar surface area (TPSA) is 91.9 Å². The van der Waals surface area contributed by atoms with E-state index in [9.17, 15) is 9.59 Å². The molecule has 0 aliphatic carbocycles. The van der Waals surface area contributed by atoms with Crippen molar-refractivity contribution < 1.29 is 4.79 Å². The minimum absolute atomic E-state index is 0.192. The van der Waals surface area contributed by atoms with Gasteiger partial charge < -0.3 is 4.90 Å². The van der Waals surface area contributed by atoms with Crippen LogP contribution in [0, 0.1) is 11.3 Å². The summed E-state index contributed by atoms with van der Waals surface area (Å²) in [5.41, 5.74) is 0.195. The highest BCUT2D eigenvalue weighted by Crippen LogP contribution is 2.06. The van der Waals surface area contributed by atoms with Crippen LogP contribution < -0.4 is 5.43 Å². The minimum Gasteiger partial charge on any atom is -0.383 e. The highest BCUT2D eigenvalue weighted by atomic mass is 16.1. The van der Waals surface area contributed by atoms with Gasteiger partial charge in [0.05, 0.1) is 17.4 Å². The van der Waals surface area contributed by atoms with Gasteiger partial charge in [-0.05, 0) is 6.07 Å². The first-order valence-corrected chi connectivity index (χ1v) is 6.36. The van der Waals surface area contributed by atoms with Crippen LogP contribution in [0.3, 0.4) is 0 Å². The van der Waals surface area contributed by atoms with E-state index in [2.05, 4.69) is 10.1 Å². The number of hydrogen-bond acceptors (Lipinski definition) is 6. The van der Waals surface area contributed by atoms with Gasteiger partial charge in [0.1, 0.15) is 6.07 Å². The number of aromatic nitrogens is 3. The summed E-state index contributed by atoms with van der Waals surface area (Å²) in [7, 11) is 3.53. The Labute approximate surface area is 126 Å². The van der Waals surface area contributed by atoms with Crippen molar-refractivity contribution in [3.63, 3.8) is 0 Å². The Morgan fingerprint density at radius 2 is 2.18 bits per heavy atom. The Hall–Kier alpha value is -3.27. The maximum Gasteiger partial charge on any atom is 0.211 e. The van der Waals surface area contributed by atoms with E-state index in [4.69, 9.17) is 5.26 Å². The third-order valence-electron chi connectivity index (χ3n) is 2.68. The first-order valence-electron chi connectivity index (χ1n) is 6.36. The van der Waals surface area contributed by atoms with E-state index in [1.807, 2.05) is 6.07 Å². The molecule has 0 N–H and O–H groups in total. The van der Waals surface area contributed by atoms with Gasteiger partial charge in [-0.2, -0.15) is 10.4 Å². The normalized spacial score (nSPS) is 10.4. The van der Waals surface area contributed by atoms with Crippen molar-refractivity contribution in [1.29, 1.82) is 5.26 Å². The van der Waals surface area contributed by atoms with Crippen LogP contribution in [0.5, 0.6) is 0 Å². The van der Waals surface area contributed by atoms with Crippen molar-refractivity contribution in [2.45, 2.75) is 0 Å². The largest absolute Gasteiger partial charge is 0.383 e. The number of pyridine rings is 1. The zero-order chi connectivity index (χ0) is 16.1. The lowest BCUT2D eigenvalue weighted by Gasteiger charge is -2.06. The molecule has 0 aromatic carbocycles. The number of rotatable bonds is 4. The molecule has 0 unspecified atom stereocenters. The summed E-state index contributed by atoms with van der Waals surface area (Å²) in [5.74, 6) is -0.488. The van der Waals surface area contributed by atoms with Crippen molar-refractivity contribution in [3.8, 4) is 11.8 Å². The van der Waals surface area contributed by atoms with Crippen LogP contribution in [0.15, 0.2) is 47.8 Å². The zero-order valence-electron chi connectivity index (χ0n) is 12.1. The minimum atomic E-state index is -0.488.